The average Bonchev–Trinajstić information content (AvgIpc) is 3.15. The molecule has 3 N–H and O–H groups in total. The molecule has 0 bridgehead atoms. The van der Waals surface area contributed by atoms with Gasteiger partial charge in [-0.2, -0.15) is 0 Å². The predicted molar refractivity (Wildman–Crippen MR) is 132 cm³/mol. The maximum absolute atomic E-state index is 13.7. The van der Waals surface area contributed by atoms with Crippen molar-refractivity contribution in [3.05, 3.63) is 54.6 Å². The van der Waals surface area contributed by atoms with Crippen LogP contribution in [0.2, 0.25) is 0 Å². The van der Waals surface area contributed by atoms with Gasteiger partial charge in [-0.15, -0.1) is 0 Å². The van der Waals surface area contributed by atoms with Gasteiger partial charge in [0.15, 0.2) is 0 Å². The summed E-state index contributed by atoms with van der Waals surface area (Å²) in [5.74, 6) is -2.43. The zero-order valence-corrected chi connectivity index (χ0v) is 19.9. The molecule has 1 aliphatic heterocycles. The Labute approximate surface area is 200 Å². The number of carbonyl (C=O) groups is 3. The van der Waals surface area contributed by atoms with Crippen LogP contribution in [-0.4, -0.2) is 53.5 Å². The summed E-state index contributed by atoms with van der Waals surface area (Å²) < 4.78 is 0. The molecule has 7 heteroatoms. The number of aliphatic hydroxyl groups excluding tert-OH is 1. The van der Waals surface area contributed by atoms with Gasteiger partial charge in [-0.1, -0.05) is 55.8 Å². The maximum atomic E-state index is 13.7. The van der Waals surface area contributed by atoms with Crippen molar-refractivity contribution in [3.8, 4) is 0 Å². The lowest BCUT2D eigenvalue weighted by atomic mass is 9.68. The number of likely N-dealkylation sites (tertiary alicyclic amines) is 1. The van der Waals surface area contributed by atoms with E-state index in [1.807, 2.05) is 54.6 Å². The third kappa shape index (κ3) is 4.20. The number of fused-ring (bicyclic) bond motifs is 2. The lowest BCUT2D eigenvalue weighted by Crippen LogP contribution is -2.49. The Kier molecular flexibility index (Phi) is 7.03. The Morgan fingerprint density at radius 1 is 1.09 bits per heavy atom. The molecular weight excluding hydrogens is 430 g/mol. The minimum atomic E-state index is -0.808. The lowest BCUT2D eigenvalue weighted by Gasteiger charge is -2.34. The molecule has 1 fully saturated rings. The van der Waals surface area contributed by atoms with E-state index in [0.717, 1.165) is 23.6 Å². The van der Waals surface area contributed by atoms with Crippen molar-refractivity contribution < 1.29 is 19.5 Å². The van der Waals surface area contributed by atoms with Crippen molar-refractivity contribution >= 4 is 34.2 Å². The highest BCUT2D eigenvalue weighted by Crippen LogP contribution is 2.46. The van der Waals surface area contributed by atoms with Crippen LogP contribution < -0.4 is 10.6 Å². The highest BCUT2D eigenvalue weighted by Gasteiger charge is 2.57. The summed E-state index contributed by atoms with van der Waals surface area (Å²) in [4.78, 5) is 41.7. The van der Waals surface area contributed by atoms with Gasteiger partial charge in [0.25, 0.3) is 0 Å². The number of hydrogen-bond acceptors (Lipinski definition) is 4. The summed E-state index contributed by atoms with van der Waals surface area (Å²) in [6.07, 6.45) is 5.61. The number of nitrogens with zero attached hydrogens (tertiary/aromatic N) is 1. The first kappa shape index (κ1) is 24.0. The van der Waals surface area contributed by atoms with Crippen LogP contribution in [0, 0.1) is 23.7 Å². The molecule has 0 radical (unpaired) electrons. The molecule has 1 heterocycles. The standard InChI is InChI=1S/C27H33N3O4/c1-4-7-18-11-13-21-23(22(18)25(32)28-3)27(34)30(16(2)15-31)24(21)26(33)29-20-12-10-17-8-5-6-9-19(17)14-20/h5-6,8-14,16,18,21-24,31H,4,7,15H2,1-3H3,(H,28,32)(H,29,33)/t16-,18-,21+,22-,23+,24+/m1/s1. The van der Waals surface area contributed by atoms with E-state index in [0.29, 0.717) is 5.69 Å². The molecule has 2 aliphatic rings. The number of amides is 3. The third-order valence-corrected chi connectivity index (χ3v) is 7.24. The van der Waals surface area contributed by atoms with E-state index in [1.165, 1.54) is 4.90 Å². The van der Waals surface area contributed by atoms with E-state index in [2.05, 4.69) is 17.6 Å². The van der Waals surface area contributed by atoms with E-state index in [9.17, 15) is 19.5 Å². The van der Waals surface area contributed by atoms with Crippen LogP contribution in [0.5, 0.6) is 0 Å². The second kappa shape index (κ2) is 9.97. The van der Waals surface area contributed by atoms with Crippen molar-refractivity contribution in [1.29, 1.82) is 0 Å². The summed E-state index contributed by atoms with van der Waals surface area (Å²) in [6, 6.07) is 12.2. The van der Waals surface area contributed by atoms with Crippen LogP contribution in [0.15, 0.2) is 54.6 Å². The van der Waals surface area contributed by atoms with Gasteiger partial charge in [0, 0.05) is 18.7 Å². The van der Waals surface area contributed by atoms with Crippen molar-refractivity contribution in [3.63, 3.8) is 0 Å². The molecule has 1 saturated heterocycles. The number of carbonyl (C=O) groups excluding carboxylic acids is 3. The minimum absolute atomic E-state index is 0.0660. The minimum Gasteiger partial charge on any atom is -0.394 e. The Hall–Kier alpha value is -3.19. The molecule has 2 aromatic carbocycles. The predicted octanol–water partition coefficient (Wildman–Crippen LogP) is 2.95. The van der Waals surface area contributed by atoms with Crippen LogP contribution in [0.25, 0.3) is 10.8 Å². The highest BCUT2D eigenvalue weighted by molar-refractivity contribution is 6.03. The maximum Gasteiger partial charge on any atom is 0.247 e. The Morgan fingerprint density at radius 3 is 2.50 bits per heavy atom. The van der Waals surface area contributed by atoms with Crippen molar-refractivity contribution in [1.82, 2.24) is 10.2 Å². The van der Waals surface area contributed by atoms with Gasteiger partial charge < -0.3 is 20.6 Å². The summed E-state index contributed by atoms with van der Waals surface area (Å²) in [7, 11) is 1.58. The zero-order chi connectivity index (χ0) is 24.4. The van der Waals surface area contributed by atoms with Gasteiger partial charge in [-0.25, -0.2) is 0 Å². The Morgan fingerprint density at radius 2 is 1.82 bits per heavy atom. The average molecular weight is 464 g/mol. The zero-order valence-electron chi connectivity index (χ0n) is 19.9. The molecule has 2 aromatic rings. The van der Waals surface area contributed by atoms with Crippen LogP contribution in [-0.2, 0) is 14.4 Å². The van der Waals surface area contributed by atoms with E-state index >= 15 is 0 Å². The molecule has 1 aliphatic carbocycles. The summed E-state index contributed by atoms with van der Waals surface area (Å²) in [5.41, 5.74) is 0.641. The number of allylic oxidation sites excluding steroid dienone is 1. The topological polar surface area (TPSA) is 98.7 Å². The number of hydrogen-bond donors (Lipinski definition) is 3. The normalized spacial score (nSPS) is 26.9. The van der Waals surface area contributed by atoms with Crippen molar-refractivity contribution in [2.45, 2.75) is 38.8 Å². The number of aliphatic hydroxyl groups is 1. The molecule has 4 rings (SSSR count). The largest absolute Gasteiger partial charge is 0.394 e. The van der Waals surface area contributed by atoms with E-state index in [-0.39, 0.29) is 30.2 Å². The van der Waals surface area contributed by atoms with Gasteiger partial charge in [0.1, 0.15) is 6.04 Å². The van der Waals surface area contributed by atoms with Gasteiger partial charge in [0.05, 0.1) is 24.5 Å². The second-order valence-electron chi connectivity index (χ2n) is 9.35. The molecule has 3 amide bonds. The first-order valence-corrected chi connectivity index (χ1v) is 12.0. The molecule has 0 unspecified atom stereocenters. The van der Waals surface area contributed by atoms with Crippen LogP contribution in [0.3, 0.4) is 0 Å². The SMILES string of the molecule is CCC[C@@H]1C=C[C@H]2[C@H](C(=O)N([C@H](C)CO)[C@@H]2C(=O)Nc2ccc3ccccc3c2)[C@@H]1C(=O)NC. The van der Waals surface area contributed by atoms with Gasteiger partial charge in [-0.3, -0.25) is 14.4 Å². The molecule has 34 heavy (non-hydrogen) atoms. The van der Waals surface area contributed by atoms with Crippen molar-refractivity contribution in [2.24, 2.45) is 23.7 Å². The van der Waals surface area contributed by atoms with Crippen LogP contribution >= 0.6 is 0 Å². The quantitative estimate of drug-likeness (QED) is 0.550. The highest BCUT2D eigenvalue weighted by atomic mass is 16.3. The van der Waals surface area contributed by atoms with Gasteiger partial charge >= 0.3 is 0 Å². The Balaban J connectivity index is 1.70. The van der Waals surface area contributed by atoms with Gasteiger partial charge in [0.2, 0.25) is 17.7 Å². The number of nitrogens with one attached hydrogen (secondary N) is 2. The molecular formula is C27H33N3O4. The summed E-state index contributed by atoms with van der Waals surface area (Å²) in [6.45, 7) is 3.52. The summed E-state index contributed by atoms with van der Waals surface area (Å²) in [5, 5.41) is 17.7. The molecule has 180 valence electrons. The third-order valence-electron chi connectivity index (χ3n) is 7.24. The van der Waals surface area contributed by atoms with E-state index in [1.54, 1.807) is 14.0 Å². The lowest BCUT2D eigenvalue weighted by molar-refractivity contribution is -0.142. The Bertz CT molecular complexity index is 1110. The first-order valence-electron chi connectivity index (χ1n) is 12.0. The molecule has 0 saturated carbocycles. The number of rotatable bonds is 7. The number of anilines is 1. The first-order chi connectivity index (χ1) is 16.4. The van der Waals surface area contributed by atoms with E-state index < -0.39 is 29.8 Å². The monoisotopic (exact) mass is 463 g/mol. The smallest absolute Gasteiger partial charge is 0.247 e. The molecule has 7 nitrogen and oxygen atoms in total. The van der Waals surface area contributed by atoms with Gasteiger partial charge in [-0.05, 0) is 42.2 Å². The fraction of sp³-hybridized carbons (Fsp3) is 0.444. The van der Waals surface area contributed by atoms with Crippen LogP contribution in [0.4, 0.5) is 5.69 Å². The fourth-order valence-electron chi connectivity index (χ4n) is 5.63. The molecule has 0 aromatic heterocycles. The molecule has 0 spiro atoms. The fourth-order valence-corrected chi connectivity index (χ4v) is 5.63. The second-order valence-corrected chi connectivity index (χ2v) is 9.35. The summed E-state index contributed by atoms with van der Waals surface area (Å²) >= 11 is 0. The van der Waals surface area contributed by atoms with Crippen LogP contribution in [0.1, 0.15) is 26.7 Å². The van der Waals surface area contributed by atoms with Crippen molar-refractivity contribution in [2.75, 3.05) is 19.0 Å². The van der Waals surface area contributed by atoms with E-state index in [4.69, 9.17) is 0 Å². The number of benzene rings is 2. The molecule has 6 atom stereocenters.